The third-order valence-electron chi connectivity index (χ3n) is 5.36. The standard InChI is InChI=1S/C27H32N2O5/c1-5-6-7-10-16-29-21-15-9-8-14-20(21)23(30)22(25(29)32)24(31)28-19-13-11-12-18(17-19)26(33)34-27(2,3)4/h8-9,11-15,17,30H,5-7,10,16H2,1-4H3,(H,28,31). The highest BCUT2D eigenvalue weighted by Crippen LogP contribution is 2.27. The van der Waals surface area contributed by atoms with Gasteiger partial charge in [-0.3, -0.25) is 9.59 Å². The van der Waals surface area contributed by atoms with Crippen LogP contribution in [0.5, 0.6) is 5.75 Å². The lowest BCUT2D eigenvalue weighted by atomic mass is 10.1. The Hall–Kier alpha value is -3.61. The Labute approximate surface area is 199 Å². The van der Waals surface area contributed by atoms with Gasteiger partial charge in [-0.1, -0.05) is 44.4 Å². The number of pyridine rings is 1. The van der Waals surface area contributed by atoms with Crippen molar-refractivity contribution in [2.75, 3.05) is 5.32 Å². The van der Waals surface area contributed by atoms with Crippen LogP contribution in [0.2, 0.25) is 0 Å². The Kier molecular flexibility index (Phi) is 7.76. The van der Waals surface area contributed by atoms with E-state index in [1.807, 2.05) is 0 Å². The number of rotatable bonds is 8. The maximum atomic E-state index is 13.3. The van der Waals surface area contributed by atoms with Crippen molar-refractivity contribution in [1.29, 1.82) is 0 Å². The van der Waals surface area contributed by atoms with E-state index in [1.54, 1.807) is 67.8 Å². The predicted molar refractivity (Wildman–Crippen MR) is 134 cm³/mol. The lowest BCUT2D eigenvalue weighted by Gasteiger charge is -2.19. The Morgan fingerprint density at radius 1 is 1.03 bits per heavy atom. The summed E-state index contributed by atoms with van der Waals surface area (Å²) in [5.74, 6) is -1.62. The molecule has 2 aromatic carbocycles. The number of hydrogen-bond acceptors (Lipinski definition) is 5. The monoisotopic (exact) mass is 464 g/mol. The van der Waals surface area contributed by atoms with Crippen molar-refractivity contribution in [1.82, 2.24) is 4.57 Å². The van der Waals surface area contributed by atoms with E-state index in [4.69, 9.17) is 4.74 Å². The minimum Gasteiger partial charge on any atom is -0.506 e. The van der Waals surface area contributed by atoms with Crippen LogP contribution in [0, 0.1) is 0 Å². The molecule has 0 unspecified atom stereocenters. The molecule has 3 rings (SSSR count). The second-order valence-corrected chi connectivity index (χ2v) is 9.30. The van der Waals surface area contributed by atoms with E-state index >= 15 is 0 Å². The predicted octanol–water partition coefficient (Wildman–Crippen LogP) is 5.50. The van der Waals surface area contributed by atoms with Crippen LogP contribution < -0.4 is 10.9 Å². The summed E-state index contributed by atoms with van der Waals surface area (Å²) in [4.78, 5) is 38.8. The zero-order valence-corrected chi connectivity index (χ0v) is 20.2. The lowest BCUT2D eigenvalue weighted by molar-refractivity contribution is 0.00694. The van der Waals surface area contributed by atoms with Gasteiger partial charge in [0.05, 0.1) is 11.1 Å². The van der Waals surface area contributed by atoms with Gasteiger partial charge in [0.15, 0.2) is 0 Å². The first-order valence-electron chi connectivity index (χ1n) is 11.6. The number of ether oxygens (including phenoxy) is 1. The molecule has 7 nitrogen and oxygen atoms in total. The third-order valence-corrected chi connectivity index (χ3v) is 5.36. The van der Waals surface area contributed by atoms with Crippen molar-refractivity contribution in [2.24, 2.45) is 0 Å². The highest BCUT2D eigenvalue weighted by molar-refractivity contribution is 6.09. The summed E-state index contributed by atoms with van der Waals surface area (Å²) in [5, 5.41) is 13.9. The maximum absolute atomic E-state index is 13.3. The van der Waals surface area contributed by atoms with Crippen LogP contribution in [0.25, 0.3) is 10.9 Å². The molecule has 0 saturated carbocycles. The smallest absolute Gasteiger partial charge is 0.338 e. The second-order valence-electron chi connectivity index (χ2n) is 9.30. The molecular formula is C27H32N2O5. The van der Waals surface area contributed by atoms with E-state index in [-0.39, 0.29) is 16.9 Å². The quantitative estimate of drug-likeness (QED) is 0.339. The highest BCUT2D eigenvalue weighted by atomic mass is 16.6. The van der Waals surface area contributed by atoms with Gasteiger partial charge < -0.3 is 19.7 Å². The van der Waals surface area contributed by atoms with E-state index in [2.05, 4.69) is 12.2 Å². The van der Waals surface area contributed by atoms with Gasteiger partial charge in [0.2, 0.25) is 0 Å². The molecule has 0 fully saturated rings. The van der Waals surface area contributed by atoms with Crippen LogP contribution >= 0.6 is 0 Å². The number of para-hydroxylation sites is 1. The number of unbranched alkanes of at least 4 members (excludes halogenated alkanes) is 3. The summed E-state index contributed by atoms with van der Waals surface area (Å²) >= 11 is 0. The number of aromatic nitrogens is 1. The Morgan fingerprint density at radius 3 is 2.47 bits per heavy atom. The minimum atomic E-state index is -0.739. The van der Waals surface area contributed by atoms with Crippen LogP contribution in [0.4, 0.5) is 5.69 Å². The van der Waals surface area contributed by atoms with Crippen LogP contribution in [-0.4, -0.2) is 27.2 Å². The topological polar surface area (TPSA) is 97.6 Å². The molecule has 34 heavy (non-hydrogen) atoms. The Balaban J connectivity index is 1.95. The van der Waals surface area contributed by atoms with Gasteiger partial charge in [-0.15, -0.1) is 0 Å². The number of aromatic hydroxyl groups is 1. The summed E-state index contributed by atoms with van der Waals surface area (Å²) in [6.07, 6.45) is 3.89. The number of carbonyl (C=O) groups excluding carboxylic acids is 2. The number of esters is 1. The molecule has 0 atom stereocenters. The molecule has 180 valence electrons. The van der Waals surface area contributed by atoms with E-state index in [9.17, 15) is 19.5 Å². The lowest BCUT2D eigenvalue weighted by Crippen LogP contribution is -2.30. The number of aryl methyl sites for hydroxylation is 1. The van der Waals surface area contributed by atoms with E-state index in [0.717, 1.165) is 25.7 Å². The second kappa shape index (κ2) is 10.5. The van der Waals surface area contributed by atoms with Gasteiger partial charge >= 0.3 is 5.97 Å². The first-order chi connectivity index (χ1) is 16.1. The summed E-state index contributed by atoms with van der Waals surface area (Å²) < 4.78 is 6.93. The normalized spacial score (nSPS) is 11.4. The molecule has 0 aliphatic heterocycles. The zero-order valence-electron chi connectivity index (χ0n) is 20.2. The van der Waals surface area contributed by atoms with Crippen LogP contribution in [0.1, 0.15) is 74.1 Å². The molecule has 1 aromatic heterocycles. The van der Waals surface area contributed by atoms with E-state index in [1.165, 1.54) is 6.07 Å². The zero-order chi connectivity index (χ0) is 24.9. The number of carbonyl (C=O) groups is 2. The van der Waals surface area contributed by atoms with Gasteiger partial charge in [-0.25, -0.2) is 4.79 Å². The van der Waals surface area contributed by atoms with Crippen LogP contribution in [0.3, 0.4) is 0 Å². The van der Waals surface area contributed by atoms with Crippen molar-refractivity contribution in [3.63, 3.8) is 0 Å². The van der Waals surface area contributed by atoms with Crippen LogP contribution in [-0.2, 0) is 11.3 Å². The molecule has 0 radical (unpaired) electrons. The first kappa shape index (κ1) is 25.0. The summed E-state index contributed by atoms with van der Waals surface area (Å²) in [7, 11) is 0. The summed E-state index contributed by atoms with van der Waals surface area (Å²) in [6, 6.07) is 13.3. The number of amides is 1. The van der Waals surface area contributed by atoms with Crippen molar-refractivity contribution in [3.8, 4) is 5.75 Å². The molecule has 0 aliphatic carbocycles. The van der Waals surface area contributed by atoms with Gasteiger partial charge in [0, 0.05) is 17.6 Å². The molecule has 1 amide bonds. The van der Waals surface area contributed by atoms with Crippen LogP contribution in [0.15, 0.2) is 53.3 Å². The fraction of sp³-hybridized carbons (Fsp3) is 0.370. The van der Waals surface area contributed by atoms with Crippen molar-refractivity contribution >= 4 is 28.5 Å². The molecule has 7 heteroatoms. The van der Waals surface area contributed by atoms with E-state index in [0.29, 0.717) is 23.1 Å². The number of hydrogen-bond donors (Lipinski definition) is 2. The van der Waals surface area contributed by atoms with Gasteiger partial charge in [0.1, 0.15) is 16.9 Å². The Morgan fingerprint density at radius 2 is 1.76 bits per heavy atom. The highest BCUT2D eigenvalue weighted by Gasteiger charge is 2.23. The van der Waals surface area contributed by atoms with Gasteiger partial charge in [-0.05, 0) is 57.5 Å². The molecule has 0 aliphatic rings. The number of benzene rings is 2. The number of anilines is 1. The van der Waals surface area contributed by atoms with Crippen molar-refractivity contribution in [2.45, 2.75) is 65.5 Å². The average Bonchev–Trinajstić information content (AvgIpc) is 2.77. The molecule has 2 N–H and O–H groups in total. The summed E-state index contributed by atoms with van der Waals surface area (Å²) in [6.45, 7) is 7.88. The largest absolute Gasteiger partial charge is 0.506 e. The summed E-state index contributed by atoms with van der Waals surface area (Å²) in [5.41, 5.74) is -0.357. The minimum absolute atomic E-state index is 0.267. The SMILES string of the molecule is CCCCCCn1c(=O)c(C(=O)Nc2cccc(C(=O)OC(C)(C)C)c2)c(O)c2ccccc21. The van der Waals surface area contributed by atoms with Crippen molar-refractivity contribution in [3.05, 3.63) is 70.0 Å². The molecule has 3 aromatic rings. The molecule has 1 heterocycles. The van der Waals surface area contributed by atoms with Crippen molar-refractivity contribution < 1.29 is 19.4 Å². The maximum Gasteiger partial charge on any atom is 0.338 e. The number of fused-ring (bicyclic) bond motifs is 1. The third kappa shape index (κ3) is 5.84. The molecule has 0 bridgehead atoms. The Bertz CT molecular complexity index is 1250. The van der Waals surface area contributed by atoms with Gasteiger partial charge in [-0.2, -0.15) is 0 Å². The first-order valence-corrected chi connectivity index (χ1v) is 11.6. The number of nitrogens with zero attached hydrogens (tertiary/aromatic N) is 1. The number of nitrogens with one attached hydrogen (secondary N) is 1. The van der Waals surface area contributed by atoms with E-state index < -0.39 is 23.0 Å². The average molecular weight is 465 g/mol. The molecular weight excluding hydrogens is 432 g/mol. The fourth-order valence-corrected chi connectivity index (χ4v) is 3.77. The van der Waals surface area contributed by atoms with Gasteiger partial charge in [0.25, 0.3) is 11.5 Å². The molecule has 0 spiro atoms. The fourth-order valence-electron chi connectivity index (χ4n) is 3.77. The molecule has 0 saturated heterocycles.